The highest BCUT2D eigenvalue weighted by molar-refractivity contribution is 7.94. The number of rotatable bonds is 6. The Hall–Kier alpha value is -1.83. The lowest BCUT2D eigenvalue weighted by molar-refractivity contribution is -0.136. The van der Waals surface area contributed by atoms with Gasteiger partial charge in [0.25, 0.3) is 0 Å². The predicted molar refractivity (Wildman–Crippen MR) is 65.0 cm³/mol. The van der Waals surface area contributed by atoms with Crippen LogP contribution in [0.2, 0.25) is 0 Å². The van der Waals surface area contributed by atoms with Crippen molar-refractivity contribution in [1.82, 2.24) is 4.98 Å². The van der Waals surface area contributed by atoms with E-state index < -0.39 is 21.2 Å². The SMILES string of the molecule is CCOc1ncccc1NS(=O)(=O)C(C)C(=O)O. The van der Waals surface area contributed by atoms with Gasteiger partial charge in [0.15, 0.2) is 5.25 Å². The van der Waals surface area contributed by atoms with Gasteiger partial charge in [0.2, 0.25) is 15.9 Å². The second-order valence-electron chi connectivity index (χ2n) is 3.42. The first-order valence-electron chi connectivity index (χ1n) is 5.20. The molecular weight excluding hydrogens is 260 g/mol. The van der Waals surface area contributed by atoms with Gasteiger partial charge in [-0.05, 0) is 26.0 Å². The van der Waals surface area contributed by atoms with Crippen LogP contribution in [-0.2, 0) is 14.8 Å². The number of hydrogen-bond acceptors (Lipinski definition) is 5. The van der Waals surface area contributed by atoms with Crippen molar-refractivity contribution in [3.63, 3.8) is 0 Å². The molecule has 1 unspecified atom stereocenters. The molecule has 1 aromatic rings. The molecule has 0 aliphatic rings. The van der Waals surface area contributed by atoms with Gasteiger partial charge in [0.1, 0.15) is 5.69 Å². The third kappa shape index (κ3) is 3.33. The fourth-order valence-corrected chi connectivity index (χ4v) is 2.00. The minimum absolute atomic E-state index is 0.112. The zero-order chi connectivity index (χ0) is 13.8. The Kier molecular flexibility index (Phi) is 4.49. The number of carboxylic acid groups (broad SMARTS) is 1. The fourth-order valence-electron chi connectivity index (χ4n) is 1.09. The Labute approximate surface area is 105 Å². The molecule has 0 aliphatic carbocycles. The maximum Gasteiger partial charge on any atom is 0.323 e. The Bertz CT molecular complexity index is 529. The Morgan fingerprint density at radius 3 is 2.83 bits per heavy atom. The number of nitrogens with zero attached hydrogens (tertiary/aromatic N) is 1. The highest BCUT2D eigenvalue weighted by Gasteiger charge is 2.28. The molecule has 0 spiro atoms. The number of nitrogens with one attached hydrogen (secondary N) is 1. The summed E-state index contributed by atoms with van der Waals surface area (Å²) in [5.74, 6) is -1.31. The smallest absolute Gasteiger partial charge is 0.323 e. The van der Waals surface area contributed by atoms with Gasteiger partial charge in [0.05, 0.1) is 6.61 Å². The van der Waals surface area contributed by atoms with Crippen LogP contribution in [-0.4, -0.2) is 36.3 Å². The average Bonchev–Trinajstić information content (AvgIpc) is 2.30. The van der Waals surface area contributed by atoms with Crippen molar-refractivity contribution in [3.8, 4) is 5.88 Å². The Morgan fingerprint density at radius 2 is 2.28 bits per heavy atom. The van der Waals surface area contributed by atoms with Crippen LogP contribution in [0.25, 0.3) is 0 Å². The molecule has 100 valence electrons. The number of anilines is 1. The van der Waals surface area contributed by atoms with Gasteiger partial charge in [-0.1, -0.05) is 0 Å². The quantitative estimate of drug-likeness (QED) is 0.790. The first-order valence-corrected chi connectivity index (χ1v) is 6.75. The summed E-state index contributed by atoms with van der Waals surface area (Å²) in [4.78, 5) is 14.5. The summed E-state index contributed by atoms with van der Waals surface area (Å²) in [6, 6.07) is 2.97. The van der Waals surface area contributed by atoms with Gasteiger partial charge in [-0.15, -0.1) is 0 Å². The molecule has 0 fully saturated rings. The van der Waals surface area contributed by atoms with E-state index in [9.17, 15) is 13.2 Å². The largest absolute Gasteiger partial charge is 0.480 e. The standard InChI is InChI=1S/C10H14N2O5S/c1-3-17-9-8(5-4-6-11-9)12-18(15,16)7(2)10(13)14/h4-7,12H,3H2,1-2H3,(H,13,14). The van der Waals surface area contributed by atoms with E-state index in [0.29, 0.717) is 6.61 Å². The van der Waals surface area contributed by atoms with E-state index in [0.717, 1.165) is 6.92 Å². The second kappa shape index (κ2) is 5.67. The summed E-state index contributed by atoms with van der Waals surface area (Å²) >= 11 is 0. The van der Waals surface area contributed by atoms with Crippen LogP contribution in [0, 0.1) is 0 Å². The molecule has 0 saturated carbocycles. The molecule has 0 aromatic carbocycles. The fraction of sp³-hybridized carbons (Fsp3) is 0.400. The van der Waals surface area contributed by atoms with Crippen LogP contribution in [0.1, 0.15) is 13.8 Å². The summed E-state index contributed by atoms with van der Waals surface area (Å²) in [5.41, 5.74) is 0.118. The highest BCUT2D eigenvalue weighted by Crippen LogP contribution is 2.22. The number of aliphatic carboxylic acids is 1. The van der Waals surface area contributed by atoms with Crippen molar-refractivity contribution in [1.29, 1.82) is 0 Å². The summed E-state index contributed by atoms with van der Waals surface area (Å²) in [6.45, 7) is 3.13. The van der Waals surface area contributed by atoms with Crippen LogP contribution in [0.3, 0.4) is 0 Å². The van der Waals surface area contributed by atoms with Crippen molar-refractivity contribution in [3.05, 3.63) is 18.3 Å². The van der Waals surface area contributed by atoms with Gasteiger partial charge < -0.3 is 9.84 Å². The van der Waals surface area contributed by atoms with E-state index in [1.807, 2.05) is 0 Å². The van der Waals surface area contributed by atoms with Crippen molar-refractivity contribution in [2.45, 2.75) is 19.1 Å². The van der Waals surface area contributed by atoms with Crippen LogP contribution >= 0.6 is 0 Å². The van der Waals surface area contributed by atoms with Gasteiger partial charge in [-0.2, -0.15) is 0 Å². The van der Waals surface area contributed by atoms with Crippen LogP contribution < -0.4 is 9.46 Å². The normalized spacial score (nSPS) is 12.8. The lowest BCUT2D eigenvalue weighted by Crippen LogP contribution is -2.32. The second-order valence-corrected chi connectivity index (χ2v) is 5.42. The predicted octanol–water partition coefficient (Wildman–Crippen LogP) is 0.695. The molecule has 8 heteroatoms. The van der Waals surface area contributed by atoms with Crippen molar-refractivity contribution in [2.75, 3.05) is 11.3 Å². The molecule has 0 amide bonds. The van der Waals surface area contributed by atoms with E-state index in [-0.39, 0.29) is 11.6 Å². The average molecular weight is 274 g/mol. The van der Waals surface area contributed by atoms with E-state index >= 15 is 0 Å². The van der Waals surface area contributed by atoms with E-state index in [1.165, 1.54) is 18.3 Å². The molecule has 18 heavy (non-hydrogen) atoms. The number of ether oxygens (including phenoxy) is 1. The number of aromatic nitrogens is 1. The molecule has 0 bridgehead atoms. The highest BCUT2D eigenvalue weighted by atomic mass is 32.2. The van der Waals surface area contributed by atoms with Gasteiger partial charge in [0, 0.05) is 6.20 Å². The Morgan fingerprint density at radius 1 is 1.61 bits per heavy atom. The molecule has 2 N–H and O–H groups in total. The third-order valence-corrected chi connectivity index (χ3v) is 3.75. The molecular formula is C10H14N2O5S. The first kappa shape index (κ1) is 14.2. The topological polar surface area (TPSA) is 106 Å². The lowest BCUT2D eigenvalue weighted by atomic mass is 10.4. The van der Waals surface area contributed by atoms with Crippen molar-refractivity contribution >= 4 is 21.7 Å². The van der Waals surface area contributed by atoms with E-state index in [1.54, 1.807) is 6.92 Å². The number of carboxylic acids is 1. The number of pyridine rings is 1. The molecule has 1 aromatic heterocycles. The Balaban J connectivity index is 3.01. The maximum absolute atomic E-state index is 11.7. The minimum Gasteiger partial charge on any atom is -0.480 e. The van der Waals surface area contributed by atoms with Gasteiger partial charge >= 0.3 is 5.97 Å². The molecule has 7 nitrogen and oxygen atoms in total. The number of hydrogen-bond donors (Lipinski definition) is 2. The maximum atomic E-state index is 11.7. The van der Waals surface area contributed by atoms with Crippen LogP contribution in [0.4, 0.5) is 5.69 Å². The van der Waals surface area contributed by atoms with Gasteiger partial charge in [-0.3, -0.25) is 9.52 Å². The minimum atomic E-state index is -4.02. The summed E-state index contributed by atoms with van der Waals surface area (Å²) in [7, 11) is -4.02. The van der Waals surface area contributed by atoms with Gasteiger partial charge in [-0.25, -0.2) is 13.4 Å². The van der Waals surface area contributed by atoms with E-state index in [2.05, 4.69) is 9.71 Å². The van der Waals surface area contributed by atoms with E-state index in [4.69, 9.17) is 9.84 Å². The molecule has 1 rings (SSSR count). The summed E-state index contributed by atoms with van der Waals surface area (Å²) in [5, 5.41) is 7.14. The van der Waals surface area contributed by atoms with Crippen LogP contribution in [0.5, 0.6) is 5.88 Å². The molecule has 1 heterocycles. The lowest BCUT2D eigenvalue weighted by Gasteiger charge is -2.13. The first-order chi connectivity index (χ1) is 8.38. The molecule has 0 saturated heterocycles. The zero-order valence-corrected chi connectivity index (χ0v) is 10.8. The molecule has 0 aliphatic heterocycles. The zero-order valence-electron chi connectivity index (χ0n) is 9.95. The molecule has 1 atom stereocenters. The summed E-state index contributed by atoms with van der Waals surface area (Å²) in [6.07, 6.45) is 1.45. The van der Waals surface area contributed by atoms with Crippen molar-refractivity contribution in [2.24, 2.45) is 0 Å². The monoisotopic (exact) mass is 274 g/mol. The summed E-state index contributed by atoms with van der Waals surface area (Å²) < 4.78 is 30.7. The number of sulfonamides is 1. The third-order valence-electron chi connectivity index (χ3n) is 2.12. The van der Waals surface area contributed by atoms with Crippen molar-refractivity contribution < 1.29 is 23.1 Å². The molecule has 0 radical (unpaired) electrons. The van der Waals surface area contributed by atoms with Crippen LogP contribution in [0.15, 0.2) is 18.3 Å². The number of carbonyl (C=O) groups is 1.